The molecule has 3 aromatic carbocycles. The van der Waals surface area contributed by atoms with Gasteiger partial charge in [0.1, 0.15) is 0 Å². The molecule has 0 spiro atoms. The highest BCUT2D eigenvalue weighted by Gasteiger charge is 2.43. The van der Waals surface area contributed by atoms with Crippen LogP contribution in [-0.4, -0.2) is 43.2 Å². The minimum absolute atomic E-state index is 0.00298. The summed E-state index contributed by atoms with van der Waals surface area (Å²) in [5, 5.41) is 31.8. The first-order chi connectivity index (χ1) is 18.1. The Morgan fingerprint density at radius 3 is 1.51 bits per heavy atom. The van der Waals surface area contributed by atoms with Gasteiger partial charge < -0.3 is 21.9 Å². The normalized spacial score (nSPS) is 24.5. The second-order valence-electron chi connectivity index (χ2n) is 13.2. The highest BCUT2D eigenvalue weighted by molar-refractivity contribution is 6.04. The highest BCUT2D eigenvalue weighted by Crippen LogP contribution is 2.41. The van der Waals surface area contributed by atoms with Crippen LogP contribution in [0.15, 0.2) is 36.4 Å². The molecule has 0 amide bonds. The maximum Gasteiger partial charge on any atom is 0.0447 e. The molecule has 0 aliphatic carbocycles. The van der Waals surface area contributed by atoms with E-state index in [9.17, 15) is 10.4 Å². The Labute approximate surface area is 233 Å². The lowest BCUT2D eigenvalue weighted by molar-refractivity contribution is -0.228. The van der Waals surface area contributed by atoms with Crippen molar-refractivity contribution in [1.82, 2.24) is 10.1 Å². The maximum absolute atomic E-state index is 11.0. The quantitative estimate of drug-likeness (QED) is 0.204. The first-order valence-corrected chi connectivity index (χ1v) is 14.3. The molecule has 212 valence electrons. The standard InChI is InChI=1S/C31H42N4O2.C2H6/c1-18-12-19(15-29(2,3)34(18)36)27-23-10-8-22(33)14-26(23)28(24-11-9-21(32)13-25(24)27)20-16-30(4,5)35(37)31(6,7)17-20;1-2/h8-11,13-14,18,36-37H,12,15-17,32-33H2,1-7H3;1-2H3/b27-19+;. The van der Waals surface area contributed by atoms with Gasteiger partial charge in [-0.1, -0.05) is 37.1 Å². The summed E-state index contributed by atoms with van der Waals surface area (Å²) in [7, 11) is 0. The molecule has 2 saturated heterocycles. The Kier molecular flexibility index (Phi) is 7.58. The molecule has 2 aliphatic rings. The van der Waals surface area contributed by atoms with Crippen LogP contribution in [0.3, 0.4) is 0 Å². The van der Waals surface area contributed by atoms with E-state index in [0.29, 0.717) is 0 Å². The van der Waals surface area contributed by atoms with Crippen molar-refractivity contribution >= 4 is 44.1 Å². The van der Waals surface area contributed by atoms with Gasteiger partial charge >= 0.3 is 0 Å². The van der Waals surface area contributed by atoms with Gasteiger partial charge in [0.25, 0.3) is 0 Å². The van der Waals surface area contributed by atoms with E-state index < -0.39 is 11.1 Å². The fourth-order valence-corrected chi connectivity index (χ4v) is 7.18. The van der Waals surface area contributed by atoms with E-state index in [1.165, 1.54) is 42.5 Å². The molecule has 0 radical (unpaired) electrons. The molecule has 5 rings (SSSR count). The van der Waals surface area contributed by atoms with Crippen molar-refractivity contribution in [3.63, 3.8) is 0 Å². The van der Waals surface area contributed by atoms with Crippen molar-refractivity contribution in [3.05, 3.63) is 46.8 Å². The molecule has 6 nitrogen and oxygen atoms in total. The molecule has 0 aromatic heterocycles. The van der Waals surface area contributed by atoms with Crippen LogP contribution in [0.5, 0.6) is 0 Å². The SMILES string of the molecule is CC.CC1C/C(=c2/c3ccc(N)cc3c(=C3CC(C)(C)N(O)C(C)(C)C3)c3ccc(N)cc23)CC(C)(C)N1O. The predicted octanol–water partition coefficient (Wildman–Crippen LogP) is 6.18. The van der Waals surface area contributed by atoms with Gasteiger partial charge in [0.15, 0.2) is 0 Å². The van der Waals surface area contributed by atoms with Crippen molar-refractivity contribution in [2.24, 2.45) is 0 Å². The number of piperidine rings is 2. The van der Waals surface area contributed by atoms with Crippen molar-refractivity contribution in [2.45, 2.75) is 111 Å². The summed E-state index contributed by atoms with van der Waals surface area (Å²) in [4.78, 5) is 0. The zero-order chi connectivity index (χ0) is 29.1. The van der Waals surface area contributed by atoms with Gasteiger partial charge in [-0.25, -0.2) is 0 Å². The minimum Gasteiger partial charge on any atom is -0.399 e. The predicted molar refractivity (Wildman–Crippen MR) is 165 cm³/mol. The average molecular weight is 533 g/mol. The van der Waals surface area contributed by atoms with Gasteiger partial charge in [-0.3, -0.25) is 0 Å². The van der Waals surface area contributed by atoms with Crippen LogP contribution in [0, 0.1) is 0 Å². The van der Waals surface area contributed by atoms with Crippen molar-refractivity contribution in [3.8, 4) is 0 Å². The molecule has 6 heteroatoms. The Morgan fingerprint density at radius 2 is 1.08 bits per heavy atom. The average Bonchev–Trinajstić information content (AvgIpc) is 2.84. The molecule has 0 saturated carbocycles. The van der Waals surface area contributed by atoms with Gasteiger partial charge in [-0.2, -0.15) is 10.1 Å². The van der Waals surface area contributed by atoms with Crippen molar-refractivity contribution in [2.75, 3.05) is 11.5 Å². The zero-order valence-electron chi connectivity index (χ0n) is 25.3. The number of benzene rings is 3. The lowest BCUT2D eigenvalue weighted by Gasteiger charge is -2.49. The number of hydrogen-bond acceptors (Lipinski definition) is 6. The number of rotatable bonds is 0. The number of hydrogen-bond donors (Lipinski definition) is 4. The number of nitrogens with two attached hydrogens (primary N) is 2. The molecule has 3 aromatic rings. The minimum atomic E-state index is -0.412. The molecule has 1 atom stereocenters. The molecule has 2 heterocycles. The van der Waals surface area contributed by atoms with Gasteiger partial charge in [0.05, 0.1) is 0 Å². The lowest BCUT2D eigenvalue weighted by atomic mass is 9.76. The Bertz CT molecular complexity index is 1520. The fourth-order valence-electron chi connectivity index (χ4n) is 7.18. The van der Waals surface area contributed by atoms with E-state index in [4.69, 9.17) is 11.5 Å². The van der Waals surface area contributed by atoms with Crippen LogP contribution in [0.25, 0.3) is 32.7 Å². The second kappa shape index (κ2) is 10.1. The van der Waals surface area contributed by atoms with Gasteiger partial charge in [0, 0.05) is 34.0 Å². The number of nitrogens with zero attached hydrogens (tertiary/aromatic N) is 2. The van der Waals surface area contributed by atoms with E-state index in [-0.39, 0.29) is 11.6 Å². The molecule has 0 bridgehead atoms. The number of anilines is 2. The van der Waals surface area contributed by atoms with Crippen LogP contribution < -0.4 is 21.9 Å². The summed E-state index contributed by atoms with van der Waals surface area (Å²) in [6.45, 7) is 18.7. The number of hydroxylamine groups is 4. The zero-order valence-corrected chi connectivity index (χ0v) is 25.3. The third-order valence-corrected chi connectivity index (χ3v) is 8.54. The van der Waals surface area contributed by atoms with Crippen LogP contribution in [-0.2, 0) is 0 Å². The van der Waals surface area contributed by atoms with E-state index in [0.717, 1.165) is 47.8 Å². The molecule has 2 fully saturated rings. The second-order valence-corrected chi connectivity index (χ2v) is 13.2. The van der Waals surface area contributed by atoms with Crippen LogP contribution in [0.1, 0.15) is 88.0 Å². The molecule has 1 unspecified atom stereocenters. The first kappa shape index (κ1) is 29.3. The van der Waals surface area contributed by atoms with Crippen molar-refractivity contribution < 1.29 is 10.4 Å². The summed E-state index contributed by atoms with van der Waals surface area (Å²) in [6.07, 6.45) is 3.02. The third kappa shape index (κ3) is 5.04. The fraction of sp³-hybridized carbons (Fsp3) is 0.515. The Balaban J connectivity index is 0.00000172. The van der Waals surface area contributed by atoms with Gasteiger partial charge in [-0.05, 0) is 130 Å². The maximum atomic E-state index is 11.0. The lowest BCUT2D eigenvalue weighted by Crippen LogP contribution is -2.57. The summed E-state index contributed by atoms with van der Waals surface area (Å²) >= 11 is 0. The smallest absolute Gasteiger partial charge is 0.0447 e. The van der Waals surface area contributed by atoms with E-state index in [1.807, 2.05) is 26.0 Å². The van der Waals surface area contributed by atoms with Crippen LogP contribution in [0.2, 0.25) is 0 Å². The van der Waals surface area contributed by atoms with E-state index in [1.54, 1.807) is 0 Å². The van der Waals surface area contributed by atoms with E-state index in [2.05, 4.69) is 72.7 Å². The molecular weight excluding hydrogens is 484 g/mol. The topological polar surface area (TPSA) is 99.0 Å². The molecular formula is C33H48N4O2. The summed E-state index contributed by atoms with van der Waals surface area (Å²) in [5.74, 6) is 0. The molecule has 2 aliphatic heterocycles. The van der Waals surface area contributed by atoms with E-state index >= 15 is 0 Å². The summed E-state index contributed by atoms with van der Waals surface area (Å²) in [6, 6.07) is 12.5. The first-order valence-electron chi connectivity index (χ1n) is 14.3. The Hall–Kier alpha value is -2.64. The monoisotopic (exact) mass is 532 g/mol. The third-order valence-electron chi connectivity index (χ3n) is 8.54. The largest absolute Gasteiger partial charge is 0.399 e. The summed E-state index contributed by atoms with van der Waals surface area (Å²) in [5.41, 5.74) is 15.7. The number of nitrogen functional groups attached to an aromatic ring is 2. The molecule has 39 heavy (non-hydrogen) atoms. The highest BCUT2D eigenvalue weighted by atomic mass is 16.5. The van der Waals surface area contributed by atoms with Crippen molar-refractivity contribution in [1.29, 1.82) is 0 Å². The summed E-state index contributed by atoms with van der Waals surface area (Å²) < 4.78 is 0. The van der Waals surface area contributed by atoms with Gasteiger partial charge in [0.2, 0.25) is 0 Å². The number of fused-ring (bicyclic) bond motifs is 2. The molecule has 6 N–H and O–H groups in total. The Morgan fingerprint density at radius 1 is 0.667 bits per heavy atom. The van der Waals surface area contributed by atoms with Crippen LogP contribution >= 0.6 is 0 Å². The van der Waals surface area contributed by atoms with Gasteiger partial charge in [-0.15, -0.1) is 0 Å². The van der Waals surface area contributed by atoms with Crippen LogP contribution in [0.4, 0.5) is 11.4 Å².